The van der Waals surface area contributed by atoms with Crippen LogP contribution in [-0.2, 0) is 4.74 Å². The van der Waals surface area contributed by atoms with E-state index >= 15 is 0 Å². The lowest BCUT2D eigenvalue weighted by molar-refractivity contribution is -0.0193. The molecule has 1 aromatic rings. The van der Waals surface area contributed by atoms with Crippen molar-refractivity contribution in [3.8, 4) is 0 Å². The predicted octanol–water partition coefficient (Wildman–Crippen LogP) is 0.505. The van der Waals surface area contributed by atoms with Crippen LogP contribution in [-0.4, -0.2) is 59.8 Å². The zero-order chi connectivity index (χ0) is 13.0. The molecule has 1 aliphatic heterocycles. The van der Waals surface area contributed by atoms with Crippen molar-refractivity contribution in [2.45, 2.75) is 13.0 Å². The molecular weight excluding hydrogens is 238 g/mol. The summed E-state index contributed by atoms with van der Waals surface area (Å²) < 4.78 is 10.6. The number of oxazole rings is 1. The standard InChI is InChI=1S/C11H17N3O4/c1-2-14-3-4-17-8(6-14)5-12-11-13-9(7-18-11)10(15)16/h7-8H,2-6H2,1H3,(H,12,13)(H,15,16). The Kier molecular flexibility index (Phi) is 4.16. The van der Waals surface area contributed by atoms with E-state index < -0.39 is 5.97 Å². The molecule has 1 aromatic heterocycles. The minimum absolute atomic E-state index is 0.0684. The van der Waals surface area contributed by atoms with Gasteiger partial charge in [-0.3, -0.25) is 4.90 Å². The number of aromatic nitrogens is 1. The zero-order valence-electron chi connectivity index (χ0n) is 10.3. The maximum atomic E-state index is 10.6. The van der Waals surface area contributed by atoms with Crippen LogP contribution < -0.4 is 5.32 Å². The first kappa shape index (κ1) is 12.8. The van der Waals surface area contributed by atoms with Gasteiger partial charge in [-0.2, -0.15) is 4.98 Å². The molecule has 7 heteroatoms. The number of nitrogens with zero attached hydrogens (tertiary/aromatic N) is 2. The third-order valence-corrected chi connectivity index (χ3v) is 2.87. The summed E-state index contributed by atoms with van der Waals surface area (Å²) in [5.41, 5.74) is -0.0998. The summed E-state index contributed by atoms with van der Waals surface area (Å²) in [7, 11) is 0. The van der Waals surface area contributed by atoms with Gasteiger partial charge in [0, 0.05) is 19.6 Å². The van der Waals surface area contributed by atoms with Crippen molar-refractivity contribution in [1.82, 2.24) is 9.88 Å². The Bertz CT molecular complexity index is 407. The van der Waals surface area contributed by atoms with Gasteiger partial charge in [0.1, 0.15) is 6.26 Å². The number of nitrogens with one attached hydrogen (secondary N) is 1. The van der Waals surface area contributed by atoms with Crippen LogP contribution in [0.5, 0.6) is 0 Å². The average Bonchev–Trinajstić information content (AvgIpc) is 2.85. The number of carbonyl (C=O) groups is 1. The highest BCUT2D eigenvalue weighted by molar-refractivity contribution is 5.85. The summed E-state index contributed by atoms with van der Waals surface area (Å²) in [5.74, 6) is -1.10. The molecule has 0 aromatic carbocycles. The molecule has 0 aliphatic carbocycles. The second kappa shape index (κ2) is 5.83. The van der Waals surface area contributed by atoms with Crippen LogP contribution in [0.3, 0.4) is 0 Å². The molecule has 0 amide bonds. The smallest absolute Gasteiger partial charge is 0.357 e. The number of rotatable bonds is 5. The van der Waals surface area contributed by atoms with Crippen molar-refractivity contribution < 1.29 is 19.1 Å². The van der Waals surface area contributed by atoms with Crippen molar-refractivity contribution >= 4 is 12.0 Å². The van der Waals surface area contributed by atoms with Crippen molar-refractivity contribution in [2.75, 3.05) is 38.1 Å². The molecule has 2 heterocycles. The van der Waals surface area contributed by atoms with Crippen LogP contribution >= 0.6 is 0 Å². The normalized spacial score (nSPS) is 20.8. The van der Waals surface area contributed by atoms with E-state index in [1.54, 1.807) is 0 Å². The fourth-order valence-electron chi connectivity index (χ4n) is 1.85. The number of hydrogen-bond donors (Lipinski definition) is 2. The van der Waals surface area contributed by atoms with Gasteiger partial charge in [-0.25, -0.2) is 4.79 Å². The summed E-state index contributed by atoms with van der Waals surface area (Å²) in [4.78, 5) is 16.7. The van der Waals surface area contributed by atoms with Crippen molar-refractivity contribution in [1.29, 1.82) is 0 Å². The minimum atomic E-state index is -1.10. The molecule has 2 rings (SSSR count). The Morgan fingerprint density at radius 1 is 1.72 bits per heavy atom. The lowest BCUT2D eigenvalue weighted by Crippen LogP contribution is -2.45. The van der Waals surface area contributed by atoms with E-state index in [0.717, 1.165) is 25.9 Å². The average molecular weight is 255 g/mol. The number of hydrogen-bond acceptors (Lipinski definition) is 6. The molecule has 1 unspecified atom stereocenters. The summed E-state index contributed by atoms with van der Waals surface area (Å²) in [6.45, 7) is 6.19. The van der Waals surface area contributed by atoms with Crippen LogP contribution in [0.15, 0.2) is 10.7 Å². The van der Waals surface area contributed by atoms with E-state index in [1.165, 1.54) is 0 Å². The molecule has 1 fully saturated rings. The molecule has 0 spiro atoms. The van der Waals surface area contributed by atoms with Crippen molar-refractivity contribution in [3.05, 3.63) is 12.0 Å². The largest absolute Gasteiger partial charge is 0.476 e. The second-order valence-corrected chi connectivity index (χ2v) is 4.11. The maximum absolute atomic E-state index is 10.6. The fraction of sp³-hybridized carbons (Fsp3) is 0.636. The van der Waals surface area contributed by atoms with Gasteiger partial charge in [-0.1, -0.05) is 6.92 Å². The Balaban J connectivity index is 1.81. The SMILES string of the molecule is CCN1CCOC(CNc2nc(C(=O)O)co2)C1. The first-order valence-electron chi connectivity index (χ1n) is 5.95. The first-order valence-corrected chi connectivity index (χ1v) is 5.95. The predicted molar refractivity (Wildman–Crippen MR) is 63.8 cm³/mol. The quantitative estimate of drug-likeness (QED) is 0.792. The van der Waals surface area contributed by atoms with Gasteiger partial charge in [-0.05, 0) is 6.54 Å². The van der Waals surface area contributed by atoms with E-state index in [2.05, 4.69) is 22.1 Å². The highest BCUT2D eigenvalue weighted by atomic mass is 16.5. The van der Waals surface area contributed by atoms with Crippen LogP contribution in [0.2, 0.25) is 0 Å². The van der Waals surface area contributed by atoms with Crippen LogP contribution in [0.25, 0.3) is 0 Å². The van der Waals surface area contributed by atoms with Gasteiger partial charge in [0.2, 0.25) is 0 Å². The maximum Gasteiger partial charge on any atom is 0.357 e. The highest BCUT2D eigenvalue weighted by Gasteiger charge is 2.19. The van der Waals surface area contributed by atoms with Crippen LogP contribution in [0.1, 0.15) is 17.4 Å². The zero-order valence-corrected chi connectivity index (χ0v) is 10.3. The molecule has 0 saturated carbocycles. The van der Waals surface area contributed by atoms with Crippen molar-refractivity contribution in [3.63, 3.8) is 0 Å². The van der Waals surface area contributed by atoms with E-state index in [9.17, 15) is 4.79 Å². The van der Waals surface area contributed by atoms with E-state index in [0.29, 0.717) is 13.2 Å². The number of ether oxygens (including phenoxy) is 1. The molecule has 1 atom stereocenters. The lowest BCUT2D eigenvalue weighted by atomic mass is 10.2. The van der Waals surface area contributed by atoms with Crippen LogP contribution in [0, 0.1) is 0 Å². The summed E-state index contributed by atoms with van der Waals surface area (Å²) in [5, 5.41) is 11.6. The molecule has 1 aliphatic rings. The fourth-order valence-corrected chi connectivity index (χ4v) is 1.85. The third kappa shape index (κ3) is 3.21. The summed E-state index contributed by atoms with van der Waals surface area (Å²) >= 11 is 0. The topological polar surface area (TPSA) is 87.8 Å². The molecule has 100 valence electrons. The van der Waals surface area contributed by atoms with Crippen molar-refractivity contribution in [2.24, 2.45) is 0 Å². The molecule has 18 heavy (non-hydrogen) atoms. The van der Waals surface area contributed by atoms with E-state index in [4.69, 9.17) is 14.3 Å². The Hall–Kier alpha value is -1.60. The minimum Gasteiger partial charge on any atom is -0.476 e. The number of morpholine rings is 1. The highest BCUT2D eigenvalue weighted by Crippen LogP contribution is 2.09. The molecule has 0 bridgehead atoms. The Morgan fingerprint density at radius 2 is 2.56 bits per heavy atom. The van der Waals surface area contributed by atoms with E-state index in [1.807, 2.05) is 0 Å². The van der Waals surface area contributed by atoms with Crippen LogP contribution in [0.4, 0.5) is 6.01 Å². The Morgan fingerprint density at radius 3 is 3.22 bits per heavy atom. The molecule has 7 nitrogen and oxygen atoms in total. The molecule has 0 radical (unpaired) electrons. The third-order valence-electron chi connectivity index (χ3n) is 2.87. The lowest BCUT2D eigenvalue weighted by Gasteiger charge is -2.31. The van der Waals surface area contributed by atoms with Gasteiger partial charge in [0.05, 0.1) is 12.7 Å². The molecule has 2 N–H and O–H groups in total. The van der Waals surface area contributed by atoms with E-state index in [-0.39, 0.29) is 17.8 Å². The van der Waals surface area contributed by atoms with Gasteiger partial charge >= 0.3 is 5.97 Å². The first-order chi connectivity index (χ1) is 8.69. The number of likely N-dealkylation sites (N-methyl/N-ethyl adjacent to an activating group) is 1. The van der Waals surface area contributed by atoms with Gasteiger partial charge < -0.3 is 19.6 Å². The van der Waals surface area contributed by atoms with Gasteiger partial charge in [0.15, 0.2) is 5.69 Å². The van der Waals surface area contributed by atoms with Gasteiger partial charge in [-0.15, -0.1) is 0 Å². The summed E-state index contributed by atoms with van der Waals surface area (Å²) in [6.07, 6.45) is 1.18. The molecule has 1 saturated heterocycles. The number of carboxylic acid groups (broad SMARTS) is 1. The number of anilines is 1. The number of aromatic carboxylic acids is 1. The molecular formula is C11H17N3O4. The van der Waals surface area contributed by atoms with Gasteiger partial charge in [0.25, 0.3) is 6.01 Å². The second-order valence-electron chi connectivity index (χ2n) is 4.11. The monoisotopic (exact) mass is 255 g/mol. The number of carboxylic acids is 1. The Labute approximate surface area is 105 Å². The summed E-state index contributed by atoms with van der Waals surface area (Å²) in [6, 6.07) is 0.213.